The average Bonchev–Trinajstić information content (AvgIpc) is 2.38. The lowest BCUT2D eigenvalue weighted by molar-refractivity contribution is -0.130. The molecule has 0 amide bonds. The first-order chi connectivity index (χ1) is 8.27. The Morgan fingerprint density at radius 2 is 1.88 bits per heavy atom. The number of carbonyl (C=O) groups is 1. The van der Waals surface area contributed by atoms with Crippen LogP contribution in [0.1, 0.15) is 11.1 Å². The fourth-order valence-corrected chi connectivity index (χ4v) is 1.51. The highest BCUT2D eigenvalue weighted by molar-refractivity contribution is 6.20. The van der Waals surface area contributed by atoms with Crippen molar-refractivity contribution in [3.63, 3.8) is 0 Å². The van der Waals surface area contributed by atoms with Crippen LogP contribution in [0.4, 0.5) is 0 Å². The maximum absolute atomic E-state index is 11.2. The van der Waals surface area contributed by atoms with Crippen LogP contribution in [0, 0.1) is 0 Å². The Bertz CT molecular complexity index is 533. The summed E-state index contributed by atoms with van der Waals surface area (Å²) in [6, 6.07) is 12.6. The predicted molar refractivity (Wildman–Crippen MR) is 66.2 cm³/mol. The van der Waals surface area contributed by atoms with Crippen LogP contribution < -0.4 is 0 Å². The van der Waals surface area contributed by atoms with Gasteiger partial charge in [0.1, 0.15) is 0 Å². The molecule has 1 aromatic carbocycles. The number of rotatable bonds is 3. The number of nitrogens with zero attached hydrogens (tertiary/aromatic N) is 1. The number of hydrogen-bond donors (Lipinski definition) is 1. The van der Waals surface area contributed by atoms with Crippen molar-refractivity contribution in [1.29, 1.82) is 0 Å². The Hall–Kier alpha value is -2.42. The average molecular weight is 225 g/mol. The fourth-order valence-electron chi connectivity index (χ4n) is 1.51. The number of benzene rings is 1. The zero-order valence-electron chi connectivity index (χ0n) is 9.08. The zero-order chi connectivity index (χ0) is 12.1. The molecule has 2 rings (SSSR count). The lowest BCUT2D eigenvalue weighted by Crippen LogP contribution is -1.99. The second kappa shape index (κ2) is 5.07. The lowest BCUT2D eigenvalue weighted by Gasteiger charge is -2.02. The van der Waals surface area contributed by atoms with Gasteiger partial charge < -0.3 is 5.11 Å². The number of aromatic nitrogens is 1. The number of hydrogen-bond acceptors (Lipinski definition) is 2. The molecular formula is C14H11NO2. The van der Waals surface area contributed by atoms with Gasteiger partial charge in [0.25, 0.3) is 0 Å². The molecule has 0 spiro atoms. The Kier molecular flexibility index (Phi) is 3.31. The molecule has 0 unspecified atom stereocenters. The van der Waals surface area contributed by atoms with Crippen LogP contribution >= 0.6 is 0 Å². The highest BCUT2D eigenvalue weighted by Crippen LogP contribution is 2.17. The van der Waals surface area contributed by atoms with Crippen LogP contribution in [-0.4, -0.2) is 16.1 Å². The van der Waals surface area contributed by atoms with Gasteiger partial charge in [-0.15, -0.1) is 0 Å². The van der Waals surface area contributed by atoms with Crippen molar-refractivity contribution in [2.24, 2.45) is 0 Å². The van der Waals surface area contributed by atoms with Crippen molar-refractivity contribution in [3.05, 3.63) is 66.0 Å². The highest BCUT2D eigenvalue weighted by atomic mass is 16.4. The molecule has 1 aromatic heterocycles. The molecule has 1 heterocycles. The second-order valence-corrected chi connectivity index (χ2v) is 3.52. The minimum Gasteiger partial charge on any atom is -0.478 e. The molecule has 0 radical (unpaired) electrons. The summed E-state index contributed by atoms with van der Waals surface area (Å²) in [7, 11) is 0. The molecule has 3 nitrogen and oxygen atoms in total. The third-order valence-corrected chi connectivity index (χ3v) is 2.31. The van der Waals surface area contributed by atoms with Crippen LogP contribution in [0.15, 0.2) is 54.9 Å². The van der Waals surface area contributed by atoms with Gasteiger partial charge in [0.2, 0.25) is 0 Å². The van der Waals surface area contributed by atoms with Gasteiger partial charge in [-0.05, 0) is 23.3 Å². The van der Waals surface area contributed by atoms with E-state index < -0.39 is 5.97 Å². The summed E-state index contributed by atoms with van der Waals surface area (Å²) in [5, 5.41) is 9.20. The largest absolute Gasteiger partial charge is 0.478 e. The van der Waals surface area contributed by atoms with E-state index >= 15 is 0 Å². The SMILES string of the molecule is O=C(O)/C(=C\c1cccnc1)c1ccccc1. The summed E-state index contributed by atoms with van der Waals surface area (Å²) < 4.78 is 0. The van der Waals surface area contributed by atoms with Gasteiger partial charge in [-0.3, -0.25) is 4.98 Å². The monoisotopic (exact) mass is 225 g/mol. The Morgan fingerprint density at radius 3 is 2.47 bits per heavy atom. The van der Waals surface area contributed by atoms with E-state index in [-0.39, 0.29) is 5.57 Å². The van der Waals surface area contributed by atoms with Crippen LogP contribution in [-0.2, 0) is 4.79 Å². The molecule has 0 bridgehead atoms. The van der Waals surface area contributed by atoms with E-state index in [0.29, 0.717) is 5.56 Å². The third kappa shape index (κ3) is 2.78. The topological polar surface area (TPSA) is 50.2 Å². The quantitative estimate of drug-likeness (QED) is 0.817. The molecule has 0 fully saturated rings. The summed E-state index contributed by atoms with van der Waals surface area (Å²) in [6.07, 6.45) is 4.90. The Labute approximate surface area is 99.1 Å². The number of aliphatic carboxylic acids is 1. The highest BCUT2D eigenvalue weighted by Gasteiger charge is 2.09. The molecule has 2 aromatic rings. The summed E-state index contributed by atoms with van der Waals surface area (Å²) in [4.78, 5) is 15.2. The van der Waals surface area contributed by atoms with Crippen molar-refractivity contribution >= 4 is 17.6 Å². The van der Waals surface area contributed by atoms with Gasteiger partial charge in [-0.25, -0.2) is 4.79 Å². The standard InChI is InChI=1S/C14H11NO2/c16-14(17)13(12-6-2-1-3-7-12)9-11-5-4-8-15-10-11/h1-10H,(H,16,17)/b13-9-. The Morgan fingerprint density at radius 1 is 1.12 bits per heavy atom. The lowest BCUT2D eigenvalue weighted by atomic mass is 10.0. The van der Waals surface area contributed by atoms with Crippen molar-refractivity contribution < 1.29 is 9.90 Å². The smallest absolute Gasteiger partial charge is 0.336 e. The molecule has 0 atom stereocenters. The fraction of sp³-hybridized carbons (Fsp3) is 0. The minimum atomic E-state index is -0.944. The van der Waals surface area contributed by atoms with Gasteiger partial charge in [-0.1, -0.05) is 36.4 Å². The first-order valence-corrected chi connectivity index (χ1v) is 5.18. The molecule has 17 heavy (non-hydrogen) atoms. The van der Waals surface area contributed by atoms with Gasteiger partial charge in [-0.2, -0.15) is 0 Å². The number of carboxylic acid groups (broad SMARTS) is 1. The van der Waals surface area contributed by atoms with E-state index in [1.807, 2.05) is 24.3 Å². The van der Waals surface area contributed by atoms with E-state index in [1.165, 1.54) is 0 Å². The molecule has 0 aliphatic heterocycles. The molecule has 0 saturated carbocycles. The zero-order valence-corrected chi connectivity index (χ0v) is 9.08. The van der Waals surface area contributed by atoms with Crippen molar-refractivity contribution in [3.8, 4) is 0 Å². The number of pyridine rings is 1. The molecule has 3 heteroatoms. The van der Waals surface area contributed by atoms with Gasteiger partial charge in [0.15, 0.2) is 0 Å². The normalized spacial score (nSPS) is 11.2. The minimum absolute atomic E-state index is 0.263. The first kappa shape index (κ1) is 11.1. The van der Waals surface area contributed by atoms with E-state index in [1.54, 1.807) is 36.7 Å². The van der Waals surface area contributed by atoms with Crippen molar-refractivity contribution in [1.82, 2.24) is 4.98 Å². The van der Waals surface area contributed by atoms with Crippen LogP contribution in [0.3, 0.4) is 0 Å². The molecule has 1 N–H and O–H groups in total. The van der Waals surface area contributed by atoms with Crippen LogP contribution in [0.25, 0.3) is 11.6 Å². The number of carboxylic acids is 1. The summed E-state index contributed by atoms with van der Waals surface area (Å²) >= 11 is 0. The molecular weight excluding hydrogens is 214 g/mol. The maximum atomic E-state index is 11.2. The van der Waals surface area contributed by atoms with E-state index in [2.05, 4.69) is 4.98 Å². The maximum Gasteiger partial charge on any atom is 0.336 e. The van der Waals surface area contributed by atoms with Crippen molar-refractivity contribution in [2.45, 2.75) is 0 Å². The molecule has 0 aliphatic rings. The molecule has 0 aliphatic carbocycles. The van der Waals surface area contributed by atoms with E-state index in [0.717, 1.165) is 5.56 Å². The molecule has 0 saturated heterocycles. The van der Waals surface area contributed by atoms with Crippen molar-refractivity contribution in [2.75, 3.05) is 0 Å². The van der Waals surface area contributed by atoms with Gasteiger partial charge >= 0.3 is 5.97 Å². The molecule has 84 valence electrons. The third-order valence-electron chi connectivity index (χ3n) is 2.31. The summed E-state index contributed by atoms with van der Waals surface area (Å²) in [5.41, 5.74) is 1.72. The van der Waals surface area contributed by atoms with Crippen LogP contribution in [0.2, 0.25) is 0 Å². The first-order valence-electron chi connectivity index (χ1n) is 5.18. The summed E-state index contributed by atoms with van der Waals surface area (Å²) in [6.45, 7) is 0. The second-order valence-electron chi connectivity index (χ2n) is 3.52. The predicted octanol–water partition coefficient (Wildman–Crippen LogP) is 2.71. The van der Waals surface area contributed by atoms with E-state index in [9.17, 15) is 9.90 Å². The van der Waals surface area contributed by atoms with Gasteiger partial charge in [0.05, 0.1) is 5.57 Å². The summed E-state index contributed by atoms with van der Waals surface area (Å²) in [5.74, 6) is -0.944. The van der Waals surface area contributed by atoms with Gasteiger partial charge in [0, 0.05) is 12.4 Å². The van der Waals surface area contributed by atoms with E-state index in [4.69, 9.17) is 0 Å². The van der Waals surface area contributed by atoms with Crippen LogP contribution in [0.5, 0.6) is 0 Å². The Balaban J connectivity index is 2.44.